The standard InChI is InChI=1S/C19H23FN4O/c1-13-10-14(2)23-19(22-13)24-9-5-7-16(12-24)18(25)21-11-15-6-3-4-8-17(15)20/h3-4,6,8,10,16H,5,7,9,11-12H2,1-2H3,(H,21,25)/t16-/m1/s1. The number of carbonyl (C=O) groups excluding carboxylic acids is 1. The van der Waals surface area contributed by atoms with Crippen molar-refractivity contribution in [1.82, 2.24) is 15.3 Å². The largest absolute Gasteiger partial charge is 0.352 e. The summed E-state index contributed by atoms with van der Waals surface area (Å²) >= 11 is 0. The van der Waals surface area contributed by atoms with Crippen LogP contribution in [0, 0.1) is 25.6 Å². The average Bonchev–Trinajstić information content (AvgIpc) is 2.60. The summed E-state index contributed by atoms with van der Waals surface area (Å²) in [6, 6.07) is 8.44. The number of carbonyl (C=O) groups is 1. The Kier molecular flexibility index (Phi) is 5.26. The van der Waals surface area contributed by atoms with E-state index in [0.717, 1.165) is 30.8 Å². The SMILES string of the molecule is Cc1cc(C)nc(N2CCC[C@@H](C(=O)NCc3ccccc3F)C2)n1. The number of anilines is 1. The van der Waals surface area contributed by atoms with Gasteiger partial charge in [-0.15, -0.1) is 0 Å². The number of piperidine rings is 1. The van der Waals surface area contributed by atoms with E-state index in [1.54, 1.807) is 18.2 Å². The Labute approximate surface area is 147 Å². The quantitative estimate of drug-likeness (QED) is 0.928. The molecule has 1 aromatic carbocycles. The van der Waals surface area contributed by atoms with Gasteiger partial charge in [0.15, 0.2) is 0 Å². The van der Waals surface area contributed by atoms with E-state index in [1.807, 2.05) is 19.9 Å². The number of benzene rings is 1. The lowest BCUT2D eigenvalue weighted by Gasteiger charge is -2.32. The maximum Gasteiger partial charge on any atom is 0.225 e. The fraction of sp³-hybridized carbons (Fsp3) is 0.421. The van der Waals surface area contributed by atoms with Crippen molar-refractivity contribution in [2.45, 2.75) is 33.2 Å². The van der Waals surface area contributed by atoms with Gasteiger partial charge in [0.2, 0.25) is 11.9 Å². The second-order valence-corrected chi connectivity index (χ2v) is 6.55. The van der Waals surface area contributed by atoms with Crippen LogP contribution in [-0.2, 0) is 11.3 Å². The van der Waals surface area contributed by atoms with Crippen LogP contribution in [0.4, 0.5) is 10.3 Å². The molecule has 5 nitrogen and oxygen atoms in total. The zero-order valence-corrected chi connectivity index (χ0v) is 14.6. The molecule has 6 heteroatoms. The molecule has 0 saturated carbocycles. The van der Waals surface area contributed by atoms with Gasteiger partial charge in [0.05, 0.1) is 5.92 Å². The zero-order valence-electron chi connectivity index (χ0n) is 14.6. The van der Waals surface area contributed by atoms with Gasteiger partial charge in [-0.1, -0.05) is 18.2 Å². The Balaban J connectivity index is 1.62. The average molecular weight is 342 g/mol. The Morgan fingerprint density at radius 2 is 2.00 bits per heavy atom. The Morgan fingerprint density at radius 1 is 1.28 bits per heavy atom. The van der Waals surface area contributed by atoms with E-state index in [4.69, 9.17) is 0 Å². The van der Waals surface area contributed by atoms with Crippen molar-refractivity contribution in [3.05, 3.63) is 53.1 Å². The molecule has 3 rings (SSSR count). The molecule has 2 heterocycles. The molecular formula is C19H23FN4O. The number of aromatic nitrogens is 2. The summed E-state index contributed by atoms with van der Waals surface area (Å²) in [7, 11) is 0. The first kappa shape index (κ1) is 17.3. The van der Waals surface area contributed by atoms with Crippen LogP contribution in [0.15, 0.2) is 30.3 Å². The number of nitrogens with zero attached hydrogens (tertiary/aromatic N) is 3. The molecular weight excluding hydrogens is 319 g/mol. The highest BCUT2D eigenvalue weighted by molar-refractivity contribution is 5.79. The molecule has 0 aliphatic carbocycles. The van der Waals surface area contributed by atoms with E-state index >= 15 is 0 Å². The zero-order chi connectivity index (χ0) is 17.8. The third kappa shape index (κ3) is 4.32. The number of nitrogens with one attached hydrogen (secondary N) is 1. The van der Waals surface area contributed by atoms with Crippen LogP contribution in [0.3, 0.4) is 0 Å². The molecule has 1 fully saturated rings. The van der Waals surface area contributed by atoms with Crippen LogP contribution in [-0.4, -0.2) is 29.0 Å². The van der Waals surface area contributed by atoms with Gasteiger partial charge >= 0.3 is 0 Å². The Hall–Kier alpha value is -2.50. The molecule has 1 N–H and O–H groups in total. The molecule has 1 aromatic heterocycles. The van der Waals surface area contributed by atoms with Gasteiger partial charge in [-0.2, -0.15) is 0 Å². The molecule has 0 radical (unpaired) electrons. The molecule has 1 saturated heterocycles. The van der Waals surface area contributed by atoms with Crippen molar-refractivity contribution >= 4 is 11.9 Å². The second kappa shape index (κ2) is 7.59. The fourth-order valence-electron chi connectivity index (χ4n) is 3.19. The molecule has 25 heavy (non-hydrogen) atoms. The van der Waals surface area contributed by atoms with Gasteiger partial charge in [0.1, 0.15) is 5.82 Å². The van der Waals surface area contributed by atoms with Crippen molar-refractivity contribution in [3.63, 3.8) is 0 Å². The molecule has 0 spiro atoms. The summed E-state index contributed by atoms with van der Waals surface area (Å²) < 4.78 is 13.7. The smallest absolute Gasteiger partial charge is 0.225 e. The molecule has 0 bridgehead atoms. The summed E-state index contributed by atoms with van der Waals surface area (Å²) in [5.41, 5.74) is 2.35. The second-order valence-electron chi connectivity index (χ2n) is 6.55. The number of halogens is 1. The van der Waals surface area contributed by atoms with Crippen molar-refractivity contribution in [2.75, 3.05) is 18.0 Å². The van der Waals surface area contributed by atoms with E-state index in [2.05, 4.69) is 20.2 Å². The number of hydrogen-bond donors (Lipinski definition) is 1. The van der Waals surface area contributed by atoms with Gasteiger partial charge in [0, 0.05) is 36.6 Å². The molecule has 1 atom stereocenters. The van der Waals surface area contributed by atoms with E-state index in [9.17, 15) is 9.18 Å². The van der Waals surface area contributed by atoms with Crippen molar-refractivity contribution < 1.29 is 9.18 Å². The van der Waals surface area contributed by atoms with Crippen LogP contribution in [0.25, 0.3) is 0 Å². The lowest BCUT2D eigenvalue weighted by atomic mass is 9.97. The predicted molar refractivity (Wildman–Crippen MR) is 94.7 cm³/mol. The Morgan fingerprint density at radius 3 is 2.72 bits per heavy atom. The summed E-state index contributed by atoms with van der Waals surface area (Å²) in [5, 5.41) is 2.86. The minimum absolute atomic E-state index is 0.0441. The lowest BCUT2D eigenvalue weighted by molar-refractivity contribution is -0.125. The molecule has 132 valence electrons. The van der Waals surface area contributed by atoms with Crippen LogP contribution in [0.5, 0.6) is 0 Å². The molecule has 0 unspecified atom stereocenters. The van der Waals surface area contributed by atoms with Crippen molar-refractivity contribution in [1.29, 1.82) is 0 Å². The first-order valence-corrected chi connectivity index (χ1v) is 8.61. The normalized spacial score (nSPS) is 17.4. The molecule has 1 aliphatic heterocycles. The highest BCUT2D eigenvalue weighted by Crippen LogP contribution is 2.21. The maximum atomic E-state index is 13.7. The van der Waals surface area contributed by atoms with Crippen LogP contribution in [0.1, 0.15) is 29.8 Å². The van der Waals surface area contributed by atoms with Gasteiger partial charge in [0.25, 0.3) is 0 Å². The number of hydrogen-bond acceptors (Lipinski definition) is 4. The minimum Gasteiger partial charge on any atom is -0.352 e. The van der Waals surface area contributed by atoms with E-state index in [0.29, 0.717) is 18.1 Å². The molecule has 1 amide bonds. The summed E-state index contributed by atoms with van der Waals surface area (Å²) in [4.78, 5) is 23.5. The van der Waals surface area contributed by atoms with Crippen LogP contribution >= 0.6 is 0 Å². The van der Waals surface area contributed by atoms with E-state index in [-0.39, 0.29) is 24.2 Å². The van der Waals surface area contributed by atoms with Crippen LogP contribution in [0.2, 0.25) is 0 Å². The van der Waals surface area contributed by atoms with E-state index in [1.165, 1.54) is 6.07 Å². The summed E-state index contributed by atoms with van der Waals surface area (Å²) in [5.74, 6) is 0.211. The first-order valence-electron chi connectivity index (χ1n) is 8.61. The monoisotopic (exact) mass is 342 g/mol. The van der Waals surface area contributed by atoms with Gasteiger partial charge in [-0.05, 0) is 38.8 Å². The Bertz CT molecular complexity index is 745. The van der Waals surface area contributed by atoms with Crippen molar-refractivity contribution in [3.8, 4) is 0 Å². The van der Waals surface area contributed by atoms with Crippen LogP contribution < -0.4 is 10.2 Å². The summed E-state index contributed by atoms with van der Waals surface area (Å²) in [6.07, 6.45) is 1.73. The lowest BCUT2D eigenvalue weighted by Crippen LogP contribution is -2.43. The minimum atomic E-state index is -0.295. The third-order valence-corrected chi connectivity index (χ3v) is 4.46. The van der Waals surface area contributed by atoms with Gasteiger partial charge in [-0.3, -0.25) is 4.79 Å². The first-order chi connectivity index (χ1) is 12.0. The highest BCUT2D eigenvalue weighted by Gasteiger charge is 2.27. The number of amides is 1. The molecule has 2 aromatic rings. The van der Waals surface area contributed by atoms with E-state index < -0.39 is 0 Å². The van der Waals surface area contributed by atoms with Gasteiger partial charge in [-0.25, -0.2) is 14.4 Å². The summed E-state index contributed by atoms with van der Waals surface area (Å²) in [6.45, 7) is 5.54. The van der Waals surface area contributed by atoms with Gasteiger partial charge < -0.3 is 10.2 Å². The molecule has 1 aliphatic rings. The maximum absolute atomic E-state index is 13.7. The highest BCUT2D eigenvalue weighted by atomic mass is 19.1. The number of rotatable bonds is 4. The fourth-order valence-corrected chi connectivity index (χ4v) is 3.19. The third-order valence-electron chi connectivity index (χ3n) is 4.46. The predicted octanol–water partition coefficient (Wildman–Crippen LogP) is 2.77. The number of aryl methyl sites for hydroxylation is 2. The van der Waals surface area contributed by atoms with Crippen molar-refractivity contribution in [2.24, 2.45) is 5.92 Å². The topological polar surface area (TPSA) is 58.1 Å².